The van der Waals surface area contributed by atoms with Gasteiger partial charge in [0.05, 0.1) is 21.0 Å². The maximum absolute atomic E-state index is 12.7. The standard InChI is InChI=1S/C23H18N4O7/c1-11-6-17-21(7-12(11)2)34-23(25-17)16-5-4-15(10-20(16)28)24-22(29)14-8-18(26(30)31)13(3)19(9-14)27(32)33/h4-10,28H,1-3H3,(H,24,29). The zero-order chi connectivity index (χ0) is 24.7. The number of nitrogens with zero attached hydrogens (tertiary/aromatic N) is 3. The van der Waals surface area contributed by atoms with Crippen LogP contribution in [0, 0.1) is 41.0 Å². The summed E-state index contributed by atoms with van der Waals surface area (Å²) in [4.78, 5) is 38.0. The van der Waals surface area contributed by atoms with Crippen LogP contribution < -0.4 is 5.32 Å². The van der Waals surface area contributed by atoms with E-state index in [4.69, 9.17) is 4.42 Å². The molecule has 0 radical (unpaired) electrons. The smallest absolute Gasteiger partial charge is 0.279 e. The molecule has 11 heteroatoms. The van der Waals surface area contributed by atoms with E-state index < -0.39 is 27.1 Å². The van der Waals surface area contributed by atoms with Gasteiger partial charge in [-0.05, 0) is 56.2 Å². The highest BCUT2D eigenvalue weighted by atomic mass is 16.6. The number of nitrogens with one attached hydrogen (secondary N) is 1. The lowest BCUT2D eigenvalue weighted by Gasteiger charge is -2.08. The van der Waals surface area contributed by atoms with Crippen molar-refractivity contribution in [3.63, 3.8) is 0 Å². The van der Waals surface area contributed by atoms with E-state index >= 15 is 0 Å². The molecule has 0 saturated carbocycles. The van der Waals surface area contributed by atoms with Gasteiger partial charge in [0.2, 0.25) is 5.89 Å². The Morgan fingerprint density at radius 2 is 1.59 bits per heavy atom. The highest BCUT2D eigenvalue weighted by Crippen LogP contribution is 2.34. The summed E-state index contributed by atoms with van der Waals surface area (Å²) in [6, 6.07) is 9.90. The minimum Gasteiger partial charge on any atom is -0.507 e. The molecule has 0 atom stereocenters. The first kappa shape index (κ1) is 22.4. The second-order valence-corrected chi connectivity index (χ2v) is 7.76. The third-order valence-electron chi connectivity index (χ3n) is 5.50. The Morgan fingerprint density at radius 3 is 2.18 bits per heavy atom. The van der Waals surface area contributed by atoms with E-state index in [2.05, 4.69) is 10.3 Å². The molecule has 1 heterocycles. The number of hydrogen-bond donors (Lipinski definition) is 2. The molecule has 4 rings (SSSR count). The number of phenolic OH excluding ortho intramolecular Hbond substituents is 1. The quantitative estimate of drug-likeness (QED) is 0.302. The molecule has 0 bridgehead atoms. The third kappa shape index (κ3) is 4.01. The van der Waals surface area contributed by atoms with Crippen molar-refractivity contribution in [3.8, 4) is 17.2 Å². The van der Waals surface area contributed by atoms with Crippen LogP contribution >= 0.6 is 0 Å². The topological polar surface area (TPSA) is 162 Å². The fourth-order valence-corrected chi connectivity index (χ4v) is 3.48. The summed E-state index contributed by atoms with van der Waals surface area (Å²) < 4.78 is 5.76. The summed E-state index contributed by atoms with van der Waals surface area (Å²) in [5.74, 6) is -0.843. The number of anilines is 1. The van der Waals surface area contributed by atoms with Gasteiger partial charge in [0.1, 0.15) is 16.8 Å². The van der Waals surface area contributed by atoms with Crippen molar-refractivity contribution in [2.45, 2.75) is 20.8 Å². The Hall–Kier alpha value is -4.80. The fraction of sp³-hybridized carbons (Fsp3) is 0.130. The van der Waals surface area contributed by atoms with Crippen LogP contribution in [0.2, 0.25) is 0 Å². The van der Waals surface area contributed by atoms with Crippen LogP contribution in [0.25, 0.3) is 22.6 Å². The molecular weight excluding hydrogens is 444 g/mol. The van der Waals surface area contributed by atoms with E-state index in [-0.39, 0.29) is 28.5 Å². The van der Waals surface area contributed by atoms with Crippen LogP contribution in [-0.4, -0.2) is 25.8 Å². The molecule has 0 spiro atoms. The number of phenols is 1. The van der Waals surface area contributed by atoms with Crippen LogP contribution in [0.15, 0.2) is 46.9 Å². The highest BCUT2D eigenvalue weighted by Gasteiger charge is 2.25. The molecule has 3 aromatic carbocycles. The normalized spacial score (nSPS) is 10.9. The Kier molecular flexibility index (Phi) is 5.45. The summed E-state index contributed by atoms with van der Waals surface area (Å²) in [7, 11) is 0. The Labute approximate surface area is 192 Å². The third-order valence-corrected chi connectivity index (χ3v) is 5.50. The predicted octanol–water partition coefficient (Wildman–Crippen LogP) is 5.19. The molecule has 0 aliphatic heterocycles. The number of aromatic hydroxyl groups is 1. The molecule has 1 aromatic heterocycles. The lowest BCUT2D eigenvalue weighted by atomic mass is 10.1. The molecule has 1 amide bonds. The molecule has 34 heavy (non-hydrogen) atoms. The molecule has 0 fully saturated rings. The number of nitro groups is 2. The van der Waals surface area contributed by atoms with E-state index in [0.717, 1.165) is 23.3 Å². The minimum atomic E-state index is -0.814. The molecule has 4 aromatic rings. The van der Waals surface area contributed by atoms with Crippen LogP contribution in [0.5, 0.6) is 5.75 Å². The maximum Gasteiger partial charge on any atom is 0.279 e. The van der Waals surface area contributed by atoms with Crippen molar-refractivity contribution in [1.82, 2.24) is 4.98 Å². The summed E-state index contributed by atoms with van der Waals surface area (Å²) >= 11 is 0. The number of carbonyl (C=O) groups excluding carboxylic acids is 1. The minimum absolute atomic E-state index is 0.155. The lowest BCUT2D eigenvalue weighted by molar-refractivity contribution is -0.395. The average Bonchev–Trinajstić information content (AvgIpc) is 3.15. The van der Waals surface area contributed by atoms with Crippen molar-refractivity contribution >= 4 is 34.1 Å². The zero-order valence-corrected chi connectivity index (χ0v) is 18.3. The number of aromatic nitrogens is 1. The SMILES string of the molecule is Cc1cc2nc(-c3ccc(NC(=O)c4cc([N+](=O)[O-])c(C)c([N+](=O)[O-])c4)cc3O)oc2cc1C. The first-order chi connectivity index (χ1) is 16.0. The Morgan fingerprint density at radius 1 is 0.971 bits per heavy atom. The van der Waals surface area contributed by atoms with Crippen LogP contribution in [0.3, 0.4) is 0 Å². The van der Waals surface area contributed by atoms with E-state index in [0.29, 0.717) is 16.7 Å². The van der Waals surface area contributed by atoms with Crippen molar-refractivity contribution in [1.29, 1.82) is 0 Å². The number of carbonyl (C=O) groups is 1. The van der Waals surface area contributed by atoms with E-state index in [9.17, 15) is 30.1 Å². The highest BCUT2D eigenvalue weighted by molar-refractivity contribution is 6.05. The Bertz CT molecular complexity index is 1430. The van der Waals surface area contributed by atoms with Crippen LogP contribution in [-0.2, 0) is 0 Å². The van der Waals surface area contributed by atoms with Gasteiger partial charge in [0, 0.05) is 23.9 Å². The van der Waals surface area contributed by atoms with Crippen molar-refractivity contribution in [3.05, 3.63) is 84.9 Å². The van der Waals surface area contributed by atoms with Gasteiger partial charge in [0.25, 0.3) is 17.3 Å². The number of hydrogen-bond acceptors (Lipinski definition) is 8. The monoisotopic (exact) mass is 462 g/mol. The summed E-state index contributed by atoms with van der Waals surface area (Å²) in [5.41, 5.74) is 2.24. The van der Waals surface area contributed by atoms with Gasteiger partial charge in [-0.15, -0.1) is 0 Å². The average molecular weight is 462 g/mol. The van der Waals surface area contributed by atoms with Crippen LogP contribution in [0.1, 0.15) is 27.0 Å². The number of amides is 1. The van der Waals surface area contributed by atoms with Gasteiger partial charge in [0.15, 0.2) is 5.58 Å². The molecule has 0 aliphatic rings. The number of fused-ring (bicyclic) bond motifs is 1. The van der Waals surface area contributed by atoms with Gasteiger partial charge >= 0.3 is 0 Å². The first-order valence-electron chi connectivity index (χ1n) is 10.0. The lowest BCUT2D eigenvalue weighted by Crippen LogP contribution is -2.13. The van der Waals surface area contributed by atoms with Gasteiger partial charge < -0.3 is 14.8 Å². The van der Waals surface area contributed by atoms with Gasteiger partial charge in [-0.1, -0.05) is 0 Å². The van der Waals surface area contributed by atoms with Crippen molar-refractivity contribution in [2.24, 2.45) is 0 Å². The predicted molar refractivity (Wildman–Crippen MR) is 123 cm³/mol. The summed E-state index contributed by atoms with van der Waals surface area (Å²) in [6.45, 7) is 5.14. The van der Waals surface area contributed by atoms with Crippen molar-refractivity contribution < 1.29 is 24.2 Å². The number of aryl methyl sites for hydroxylation is 2. The molecule has 11 nitrogen and oxygen atoms in total. The fourth-order valence-electron chi connectivity index (χ4n) is 3.48. The largest absolute Gasteiger partial charge is 0.507 e. The van der Waals surface area contributed by atoms with Crippen molar-refractivity contribution in [2.75, 3.05) is 5.32 Å². The number of rotatable bonds is 5. The molecule has 0 aliphatic carbocycles. The van der Waals surface area contributed by atoms with Gasteiger partial charge in [-0.25, -0.2) is 4.98 Å². The number of oxazole rings is 1. The molecule has 0 saturated heterocycles. The molecule has 172 valence electrons. The Balaban J connectivity index is 1.64. The molecule has 2 N–H and O–H groups in total. The summed E-state index contributed by atoms with van der Waals surface area (Å²) in [6.07, 6.45) is 0. The molecular formula is C23H18N4O7. The zero-order valence-electron chi connectivity index (χ0n) is 18.3. The van der Waals surface area contributed by atoms with Gasteiger partial charge in [-0.3, -0.25) is 25.0 Å². The second kappa shape index (κ2) is 8.28. The second-order valence-electron chi connectivity index (χ2n) is 7.76. The number of benzene rings is 3. The first-order valence-corrected chi connectivity index (χ1v) is 10.0. The van der Waals surface area contributed by atoms with Crippen LogP contribution in [0.4, 0.5) is 17.1 Å². The number of nitro benzene ring substituents is 2. The van der Waals surface area contributed by atoms with E-state index in [1.807, 2.05) is 26.0 Å². The summed E-state index contributed by atoms with van der Waals surface area (Å²) in [5, 5.41) is 35.5. The van der Waals surface area contributed by atoms with E-state index in [1.165, 1.54) is 25.1 Å². The van der Waals surface area contributed by atoms with Gasteiger partial charge in [-0.2, -0.15) is 0 Å². The maximum atomic E-state index is 12.7. The van der Waals surface area contributed by atoms with E-state index in [1.54, 1.807) is 0 Å². The molecule has 0 unspecified atom stereocenters.